The van der Waals surface area contributed by atoms with Gasteiger partial charge in [0.05, 0.1) is 26.4 Å². The first-order valence-corrected chi connectivity index (χ1v) is 11.5. The van der Waals surface area contributed by atoms with Crippen molar-refractivity contribution < 1.29 is 14.3 Å². The smallest absolute Gasteiger partial charge is 0.236 e. The Balaban J connectivity index is 0.00000363. The summed E-state index contributed by atoms with van der Waals surface area (Å²) in [5, 5.41) is 3.40. The number of halogens is 1. The van der Waals surface area contributed by atoms with Gasteiger partial charge >= 0.3 is 0 Å². The van der Waals surface area contributed by atoms with Gasteiger partial charge in [0.25, 0.3) is 0 Å². The minimum absolute atomic E-state index is 0. The van der Waals surface area contributed by atoms with Crippen LogP contribution in [-0.2, 0) is 9.53 Å². The summed E-state index contributed by atoms with van der Waals surface area (Å²) in [4.78, 5) is 23.7. The number of hydrogen-bond acceptors (Lipinski definition) is 5. The number of morpholine rings is 1. The molecular weight excluding hydrogens is 521 g/mol. The van der Waals surface area contributed by atoms with E-state index in [9.17, 15) is 4.79 Å². The van der Waals surface area contributed by atoms with Crippen LogP contribution in [0.25, 0.3) is 0 Å². The number of para-hydroxylation sites is 1. The predicted molar refractivity (Wildman–Crippen MR) is 138 cm³/mol. The molecule has 2 saturated heterocycles. The van der Waals surface area contributed by atoms with Gasteiger partial charge in [-0.25, -0.2) is 0 Å². The lowest BCUT2D eigenvalue weighted by Crippen LogP contribution is -2.55. The Morgan fingerprint density at radius 3 is 2.50 bits per heavy atom. The van der Waals surface area contributed by atoms with Crippen molar-refractivity contribution in [1.82, 2.24) is 20.0 Å². The molecule has 0 aliphatic carbocycles. The average molecular weight is 559 g/mol. The fourth-order valence-electron chi connectivity index (χ4n) is 3.80. The van der Waals surface area contributed by atoms with Crippen molar-refractivity contribution in [3.8, 4) is 5.75 Å². The lowest BCUT2D eigenvalue weighted by Gasteiger charge is -2.37. The fraction of sp³-hybridized carbons (Fsp3) is 0.652. The standard InChI is InChI=1S/C23H37N5O3.HI/c1-3-24-23(25-9-6-16-31-21-8-5-4-7-20(21)2)28-12-10-26(11-13-28)19-22(29)27-14-17-30-18-15-27;/h4-5,7-8H,3,6,9-19H2,1-2H3,(H,24,25);1H. The second kappa shape index (κ2) is 14.5. The highest BCUT2D eigenvalue weighted by atomic mass is 127. The maximum absolute atomic E-state index is 12.5. The molecule has 0 radical (unpaired) electrons. The Labute approximate surface area is 209 Å². The highest BCUT2D eigenvalue weighted by molar-refractivity contribution is 14.0. The van der Waals surface area contributed by atoms with Crippen LogP contribution in [0, 0.1) is 6.92 Å². The molecule has 1 amide bonds. The number of nitrogens with zero attached hydrogens (tertiary/aromatic N) is 4. The maximum Gasteiger partial charge on any atom is 0.236 e. The molecule has 1 aromatic rings. The van der Waals surface area contributed by atoms with Crippen molar-refractivity contribution in [2.75, 3.05) is 78.7 Å². The molecule has 0 aromatic heterocycles. The van der Waals surface area contributed by atoms with E-state index in [-0.39, 0.29) is 29.9 Å². The van der Waals surface area contributed by atoms with E-state index < -0.39 is 0 Å². The number of guanidine groups is 1. The Kier molecular flexibility index (Phi) is 12.1. The molecule has 1 N–H and O–H groups in total. The van der Waals surface area contributed by atoms with Crippen molar-refractivity contribution in [2.45, 2.75) is 20.3 Å². The number of carbonyl (C=O) groups is 1. The van der Waals surface area contributed by atoms with Crippen LogP contribution in [0.2, 0.25) is 0 Å². The first-order chi connectivity index (χ1) is 15.2. The summed E-state index contributed by atoms with van der Waals surface area (Å²) in [5.74, 6) is 2.12. The molecule has 2 aliphatic rings. The monoisotopic (exact) mass is 559 g/mol. The number of benzene rings is 1. The van der Waals surface area contributed by atoms with Crippen LogP contribution < -0.4 is 10.1 Å². The summed E-state index contributed by atoms with van der Waals surface area (Å²) in [5.41, 5.74) is 1.16. The molecule has 1 aromatic carbocycles. The van der Waals surface area contributed by atoms with Crippen LogP contribution in [0.3, 0.4) is 0 Å². The summed E-state index contributed by atoms with van der Waals surface area (Å²) in [6.45, 7) is 13.1. The van der Waals surface area contributed by atoms with E-state index in [1.807, 2.05) is 23.1 Å². The number of nitrogens with one attached hydrogen (secondary N) is 1. The van der Waals surface area contributed by atoms with Gasteiger partial charge in [0, 0.05) is 58.8 Å². The van der Waals surface area contributed by atoms with Crippen LogP contribution in [-0.4, -0.2) is 105 Å². The number of amides is 1. The number of hydrogen-bond donors (Lipinski definition) is 1. The van der Waals surface area contributed by atoms with Crippen LogP contribution in [0.4, 0.5) is 0 Å². The Morgan fingerprint density at radius 2 is 1.81 bits per heavy atom. The van der Waals surface area contributed by atoms with Crippen LogP contribution in [0.1, 0.15) is 18.9 Å². The van der Waals surface area contributed by atoms with Crippen molar-refractivity contribution >= 4 is 35.8 Å². The molecule has 180 valence electrons. The lowest BCUT2D eigenvalue weighted by atomic mass is 10.2. The third-order valence-corrected chi connectivity index (χ3v) is 5.64. The molecule has 8 nitrogen and oxygen atoms in total. The van der Waals surface area contributed by atoms with Gasteiger partial charge in [-0.15, -0.1) is 24.0 Å². The van der Waals surface area contributed by atoms with E-state index in [1.165, 1.54) is 0 Å². The number of aryl methyl sites for hydroxylation is 1. The number of ether oxygens (including phenoxy) is 2. The highest BCUT2D eigenvalue weighted by Crippen LogP contribution is 2.16. The average Bonchev–Trinajstić information content (AvgIpc) is 2.80. The first-order valence-electron chi connectivity index (χ1n) is 11.5. The number of piperazine rings is 1. The SMILES string of the molecule is CCNC(=NCCCOc1ccccc1C)N1CCN(CC(=O)N2CCOCC2)CC1.I. The molecule has 32 heavy (non-hydrogen) atoms. The molecule has 0 saturated carbocycles. The fourth-order valence-corrected chi connectivity index (χ4v) is 3.80. The summed E-state index contributed by atoms with van der Waals surface area (Å²) in [7, 11) is 0. The van der Waals surface area contributed by atoms with E-state index in [0.717, 1.165) is 63.0 Å². The Hall–Kier alpha value is -1.59. The molecule has 2 aliphatic heterocycles. The molecular formula is C23H38IN5O3. The van der Waals surface area contributed by atoms with E-state index in [4.69, 9.17) is 14.5 Å². The van der Waals surface area contributed by atoms with Crippen LogP contribution in [0.15, 0.2) is 29.3 Å². The number of aliphatic imine (C=N–C) groups is 1. The minimum atomic E-state index is 0. The van der Waals surface area contributed by atoms with Gasteiger partial charge in [0.15, 0.2) is 5.96 Å². The summed E-state index contributed by atoms with van der Waals surface area (Å²) >= 11 is 0. The first kappa shape index (κ1) is 26.7. The molecule has 0 atom stereocenters. The third-order valence-electron chi connectivity index (χ3n) is 5.64. The molecule has 2 fully saturated rings. The van der Waals surface area contributed by atoms with E-state index in [2.05, 4.69) is 35.0 Å². The number of carbonyl (C=O) groups excluding carboxylic acids is 1. The summed E-state index contributed by atoms with van der Waals surface area (Å²) < 4.78 is 11.2. The van der Waals surface area contributed by atoms with Gasteiger partial charge in [0.2, 0.25) is 5.91 Å². The lowest BCUT2D eigenvalue weighted by molar-refractivity contribution is -0.136. The summed E-state index contributed by atoms with van der Waals surface area (Å²) in [6.07, 6.45) is 0.872. The van der Waals surface area contributed by atoms with Crippen molar-refractivity contribution in [2.24, 2.45) is 4.99 Å². The van der Waals surface area contributed by atoms with Crippen molar-refractivity contribution in [3.63, 3.8) is 0 Å². The van der Waals surface area contributed by atoms with E-state index in [1.54, 1.807) is 0 Å². The van der Waals surface area contributed by atoms with Gasteiger partial charge in [-0.2, -0.15) is 0 Å². The summed E-state index contributed by atoms with van der Waals surface area (Å²) in [6, 6.07) is 8.09. The van der Waals surface area contributed by atoms with E-state index >= 15 is 0 Å². The maximum atomic E-state index is 12.5. The minimum Gasteiger partial charge on any atom is -0.493 e. The Morgan fingerprint density at radius 1 is 1.09 bits per heavy atom. The molecule has 0 spiro atoms. The zero-order chi connectivity index (χ0) is 21.9. The molecule has 0 bridgehead atoms. The Bertz CT molecular complexity index is 719. The van der Waals surface area contributed by atoms with Crippen LogP contribution >= 0.6 is 24.0 Å². The second-order valence-electron chi connectivity index (χ2n) is 7.96. The molecule has 2 heterocycles. The third kappa shape index (κ3) is 8.40. The van der Waals surface area contributed by atoms with Crippen molar-refractivity contribution in [3.05, 3.63) is 29.8 Å². The van der Waals surface area contributed by atoms with Crippen LogP contribution in [0.5, 0.6) is 5.75 Å². The van der Waals surface area contributed by atoms with Gasteiger partial charge in [-0.05, 0) is 25.5 Å². The largest absolute Gasteiger partial charge is 0.493 e. The number of rotatable bonds is 8. The van der Waals surface area contributed by atoms with Gasteiger partial charge in [-0.1, -0.05) is 18.2 Å². The topological polar surface area (TPSA) is 69.6 Å². The molecule has 3 rings (SSSR count). The van der Waals surface area contributed by atoms with Gasteiger partial charge in [0.1, 0.15) is 5.75 Å². The quantitative estimate of drug-likeness (QED) is 0.227. The predicted octanol–water partition coefficient (Wildman–Crippen LogP) is 1.82. The zero-order valence-corrected chi connectivity index (χ0v) is 21.8. The molecule has 0 unspecified atom stereocenters. The van der Waals surface area contributed by atoms with Crippen molar-refractivity contribution in [1.29, 1.82) is 0 Å². The highest BCUT2D eigenvalue weighted by Gasteiger charge is 2.24. The van der Waals surface area contributed by atoms with Gasteiger partial charge < -0.3 is 24.6 Å². The second-order valence-corrected chi connectivity index (χ2v) is 7.96. The normalized spacial score (nSPS) is 17.6. The van der Waals surface area contributed by atoms with E-state index in [0.29, 0.717) is 39.5 Å². The zero-order valence-electron chi connectivity index (χ0n) is 19.4. The molecule has 9 heteroatoms. The van der Waals surface area contributed by atoms with Gasteiger partial charge in [-0.3, -0.25) is 14.7 Å².